The third-order valence-electron chi connectivity index (χ3n) is 5.20. The fraction of sp³-hybridized carbons (Fsp3) is 0.200. The minimum Gasteiger partial charge on any atom is -0.497 e. The van der Waals surface area contributed by atoms with Crippen LogP contribution in [-0.4, -0.2) is 38.0 Å². The average molecular weight is 483 g/mol. The van der Waals surface area contributed by atoms with Gasteiger partial charge in [-0.1, -0.05) is 30.0 Å². The number of benzene rings is 3. The largest absolute Gasteiger partial charge is 0.497 e. The molecule has 0 fully saturated rings. The van der Waals surface area contributed by atoms with Gasteiger partial charge in [-0.3, -0.25) is 9.36 Å². The van der Waals surface area contributed by atoms with Crippen LogP contribution in [-0.2, 0) is 5.75 Å². The SMILES string of the molecule is COc1cccc(CSc2nc3c(OC)c(OC)c(OC)cc3c(=O)n2-c2cccc(F)c2)c1. The van der Waals surface area contributed by atoms with Crippen LogP contribution in [0, 0.1) is 5.82 Å². The number of hydrogen-bond donors (Lipinski definition) is 0. The van der Waals surface area contributed by atoms with Crippen LogP contribution in [0.2, 0.25) is 0 Å². The molecule has 4 rings (SSSR count). The molecule has 0 aliphatic carbocycles. The van der Waals surface area contributed by atoms with Gasteiger partial charge in [-0.05, 0) is 42.0 Å². The van der Waals surface area contributed by atoms with E-state index in [2.05, 4.69) is 0 Å². The topological polar surface area (TPSA) is 71.8 Å². The van der Waals surface area contributed by atoms with Gasteiger partial charge >= 0.3 is 0 Å². The van der Waals surface area contributed by atoms with Crippen LogP contribution in [0.5, 0.6) is 23.0 Å². The number of hydrogen-bond acceptors (Lipinski definition) is 7. The van der Waals surface area contributed by atoms with Crippen molar-refractivity contribution in [2.45, 2.75) is 10.9 Å². The number of thioether (sulfide) groups is 1. The number of methoxy groups -OCH3 is 4. The Morgan fingerprint density at radius 1 is 0.912 bits per heavy atom. The summed E-state index contributed by atoms with van der Waals surface area (Å²) in [6.07, 6.45) is 0. The second-order valence-electron chi connectivity index (χ2n) is 7.20. The van der Waals surface area contributed by atoms with Crippen LogP contribution >= 0.6 is 11.8 Å². The van der Waals surface area contributed by atoms with Crippen LogP contribution < -0.4 is 24.5 Å². The van der Waals surface area contributed by atoms with E-state index in [4.69, 9.17) is 23.9 Å². The van der Waals surface area contributed by atoms with E-state index in [1.54, 1.807) is 25.3 Å². The zero-order valence-electron chi connectivity index (χ0n) is 19.1. The van der Waals surface area contributed by atoms with Gasteiger partial charge in [-0.15, -0.1) is 0 Å². The van der Waals surface area contributed by atoms with Crippen molar-refractivity contribution >= 4 is 22.7 Å². The van der Waals surface area contributed by atoms with Gasteiger partial charge in [0.1, 0.15) is 17.1 Å². The Hall–Kier alpha value is -3.72. The standard InChI is InChI=1S/C25H23FN2O5S/c1-30-18-10-5-7-15(11-18)14-34-25-27-21-19(13-20(31-2)22(32-3)23(21)33-4)24(29)28(25)17-9-6-8-16(26)12-17/h5-13H,14H2,1-4H3. The maximum absolute atomic E-state index is 14.1. The molecule has 3 aromatic carbocycles. The summed E-state index contributed by atoms with van der Waals surface area (Å²) < 4.78 is 37.2. The number of nitrogens with zero attached hydrogens (tertiary/aromatic N) is 2. The molecule has 9 heteroatoms. The summed E-state index contributed by atoms with van der Waals surface area (Å²) in [7, 11) is 6.03. The monoisotopic (exact) mass is 482 g/mol. The fourth-order valence-corrected chi connectivity index (χ4v) is 4.57. The van der Waals surface area contributed by atoms with Crippen molar-refractivity contribution in [2.75, 3.05) is 28.4 Å². The van der Waals surface area contributed by atoms with Crippen molar-refractivity contribution in [1.82, 2.24) is 9.55 Å². The van der Waals surface area contributed by atoms with Gasteiger partial charge in [0, 0.05) is 5.75 Å². The smallest absolute Gasteiger partial charge is 0.266 e. The number of fused-ring (bicyclic) bond motifs is 1. The molecule has 1 heterocycles. The number of rotatable bonds is 8. The second kappa shape index (κ2) is 10.0. The average Bonchev–Trinajstić information content (AvgIpc) is 2.86. The minimum absolute atomic E-state index is 0.254. The Labute approximate surface area is 200 Å². The van der Waals surface area contributed by atoms with Crippen molar-refractivity contribution < 1.29 is 23.3 Å². The van der Waals surface area contributed by atoms with Crippen molar-refractivity contribution in [3.05, 3.63) is 76.3 Å². The first-order chi connectivity index (χ1) is 16.5. The van der Waals surface area contributed by atoms with Gasteiger partial charge in [0.15, 0.2) is 16.7 Å². The molecule has 7 nitrogen and oxygen atoms in total. The first-order valence-corrected chi connectivity index (χ1v) is 11.3. The van der Waals surface area contributed by atoms with E-state index >= 15 is 0 Å². The molecule has 0 bridgehead atoms. The van der Waals surface area contributed by atoms with E-state index in [1.165, 1.54) is 49.8 Å². The third-order valence-corrected chi connectivity index (χ3v) is 6.21. The summed E-state index contributed by atoms with van der Waals surface area (Å²) >= 11 is 1.34. The molecule has 1 aromatic heterocycles. The molecule has 0 N–H and O–H groups in total. The van der Waals surface area contributed by atoms with Crippen LogP contribution in [0.3, 0.4) is 0 Å². The number of halogens is 1. The van der Waals surface area contributed by atoms with E-state index in [-0.39, 0.29) is 16.7 Å². The van der Waals surface area contributed by atoms with Crippen LogP contribution in [0.4, 0.5) is 4.39 Å². The van der Waals surface area contributed by atoms with Crippen molar-refractivity contribution in [2.24, 2.45) is 0 Å². The van der Waals surface area contributed by atoms with Crippen LogP contribution in [0.1, 0.15) is 5.56 Å². The molecule has 0 aliphatic heterocycles. The lowest BCUT2D eigenvalue weighted by Gasteiger charge is -2.17. The number of aromatic nitrogens is 2. The molecular weight excluding hydrogens is 459 g/mol. The lowest BCUT2D eigenvalue weighted by atomic mass is 10.2. The van der Waals surface area contributed by atoms with Crippen molar-refractivity contribution in [3.8, 4) is 28.7 Å². The Morgan fingerprint density at radius 2 is 1.68 bits per heavy atom. The lowest BCUT2D eigenvalue weighted by molar-refractivity contribution is 0.326. The van der Waals surface area contributed by atoms with Crippen molar-refractivity contribution in [3.63, 3.8) is 0 Å². The molecule has 0 saturated heterocycles. The summed E-state index contributed by atoms with van der Waals surface area (Å²) in [4.78, 5) is 18.5. The van der Waals surface area contributed by atoms with E-state index in [0.29, 0.717) is 33.6 Å². The second-order valence-corrected chi connectivity index (χ2v) is 8.14. The Balaban J connectivity index is 1.95. The summed E-state index contributed by atoms with van der Waals surface area (Å²) in [5.74, 6) is 1.71. The van der Waals surface area contributed by atoms with E-state index in [0.717, 1.165) is 11.3 Å². The zero-order chi connectivity index (χ0) is 24.2. The first kappa shape index (κ1) is 23.4. The summed E-state index contributed by atoms with van der Waals surface area (Å²) in [5.41, 5.74) is 1.28. The van der Waals surface area contributed by atoms with E-state index < -0.39 is 5.82 Å². The number of ether oxygens (including phenoxy) is 4. The molecule has 176 valence electrons. The molecule has 0 unspecified atom stereocenters. The maximum Gasteiger partial charge on any atom is 0.266 e. The van der Waals surface area contributed by atoms with E-state index in [1.807, 2.05) is 24.3 Å². The molecular formula is C25H23FN2O5S. The summed E-state index contributed by atoms with van der Waals surface area (Å²) in [6.45, 7) is 0. The molecule has 0 atom stereocenters. The molecule has 0 radical (unpaired) electrons. The van der Waals surface area contributed by atoms with Crippen LogP contribution in [0.15, 0.2) is 64.5 Å². The normalized spacial score (nSPS) is 10.9. The highest BCUT2D eigenvalue weighted by Crippen LogP contribution is 2.42. The first-order valence-electron chi connectivity index (χ1n) is 10.3. The van der Waals surface area contributed by atoms with Gasteiger partial charge in [0.2, 0.25) is 5.75 Å². The highest BCUT2D eigenvalue weighted by atomic mass is 32.2. The molecule has 0 saturated carbocycles. The summed E-state index contributed by atoms with van der Waals surface area (Å²) in [5, 5.41) is 0.626. The highest BCUT2D eigenvalue weighted by Gasteiger charge is 2.23. The molecule has 0 spiro atoms. The fourth-order valence-electron chi connectivity index (χ4n) is 3.62. The predicted octanol–water partition coefficient (Wildman–Crippen LogP) is 4.85. The van der Waals surface area contributed by atoms with E-state index in [9.17, 15) is 9.18 Å². The Bertz CT molecular complexity index is 1410. The van der Waals surface area contributed by atoms with Gasteiger partial charge in [-0.25, -0.2) is 9.37 Å². The van der Waals surface area contributed by atoms with Crippen molar-refractivity contribution in [1.29, 1.82) is 0 Å². The predicted molar refractivity (Wildman–Crippen MR) is 130 cm³/mol. The van der Waals surface area contributed by atoms with Crippen LogP contribution in [0.25, 0.3) is 16.6 Å². The summed E-state index contributed by atoms with van der Waals surface area (Å²) in [6, 6.07) is 15.0. The quantitative estimate of drug-likeness (QED) is 0.263. The molecule has 0 amide bonds. The van der Waals surface area contributed by atoms with Gasteiger partial charge in [0.25, 0.3) is 5.56 Å². The third kappa shape index (κ3) is 4.38. The lowest BCUT2D eigenvalue weighted by Crippen LogP contribution is -2.22. The van der Waals surface area contributed by atoms with Gasteiger partial charge in [0.05, 0.1) is 39.5 Å². The molecule has 34 heavy (non-hydrogen) atoms. The van der Waals surface area contributed by atoms with Gasteiger partial charge < -0.3 is 18.9 Å². The minimum atomic E-state index is -0.460. The zero-order valence-corrected chi connectivity index (χ0v) is 19.9. The maximum atomic E-state index is 14.1. The molecule has 4 aromatic rings. The Kier molecular flexibility index (Phi) is 6.93. The molecule has 0 aliphatic rings. The Morgan fingerprint density at radius 3 is 2.35 bits per heavy atom. The highest BCUT2D eigenvalue weighted by molar-refractivity contribution is 7.98. The van der Waals surface area contributed by atoms with Gasteiger partial charge in [-0.2, -0.15) is 0 Å².